The number of benzene rings is 2. The summed E-state index contributed by atoms with van der Waals surface area (Å²) in [4.78, 5) is 27.0. The molecule has 2 aromatic rings. The van der Waals surface area contributed by atoms with Gasteiger partial charge in [-0.3, -0.25) is 0 Å². The van der Waals surface area contributed by atoms with Gasteiger partial charge in [0.15, 0.2) is 5.71 Å². The number of fused-ring (bicyclic) bond motifs is 4. The highest BCUT2D eigenvalue weighted by atomic mass is 35.5. The number of rotatable bonds is 4. The molecule has 1 N–H and O–H groups in total. The van der Waals surface area contributed by atoms with Gasteiger partial charge in [-0.05, 0) is 81.5 Å². The Kier molecular flexibility index (Phi) is 6.13. The quantitative estimate of drug-likeness (QED) is 0.441. The van der Waals surface area contributed by atoms with Crippen LogP contribution in [0.2, 0.25) is 17.1 Å². The normalized spacial score (nSPS) is 20.9. The summed E-state index contributed by atoms with van der Waals surface area (Å²) in [5.74, 6) is -2.55. The molecule has 1 aliphatic carbocycles. The van der Waals surface area contributed by atoms with Crippen LogP contribution in [0, 0.1) is 0 Å². The van der Waals surface area contributed by atoms with E-state index in [0.29, 0.717) is 5.56 Å². The van der Waals surface area contributed by atoms with Crippen LogP contribution in [-0.4, -0.2) is 61.6 Å². The summed E-state index contributed by atoms with van der Waals surface area (Å²) in [6.07, 6.45) is 12.7. The highest BCUT2D eigenvalue weighted by molar-refractivity contribution is 7.00. The van der Waals surface area contributed by atoms with Crippen molar-refractivity contribution in [2.24, 2.45) is 0 Å². The maximum Gasteiger partial charge on any atom is 0.337 e. The van der Waals surface area contributed by atoms with Crippen LogP contribution in [0.4, 0.5) is 5.69 Å². The Balaban J connectivity index is 1.56. The SMILES string of the molecule is O=C(O)c1cc(C2=C3C=CC(=[N+]4CCC4)C=C3[Si]3(CCCCC3)c3cc(N4CCC4)ccc32)c(C(=O)[O-])cc1Cl. The monoisotopic (exact) mass is 570 g/mol. The Morgan fingerprint density at radius 1 is 0.925 bits per heavy atom. The molecule has 8 heteroatoms. The summed E-state index contributed by atoms with van der Waals surface area (Å²) in [7, 11) is -2.19. The maximum absolute atomic E-state index is 12.5. The molecule has 0 unspecified atom stereocenters. The number of aromatic carboxylic acids is 2. The molecule has 5 aliphatic rings. The summed E-state index contributed by atoms with van der Waals surface area (Å²) in [6.45, 7) is 4.20. The van der Waals surface area contributed by atoms with Crippen LogP contribution in [0.5, 0.6) is 0 Å². The number of hydrogen-bond donors (Lipinski definition) is 1. The lowest BCUT2D eigenvalue weighted by Crippen LogP contribution is -2.56. The molecule has 0 aromatic heterocycles. The zero-order chi connectivity index (χ0) is 27.6. The molecule has 0 atom stereocenters. The fourth-order valence-electron chi connectivity index (χ4n) is 7.22. The maximum atomic E-state index is 12.5. The Bertz CT molecular complexity index is 1600. The lowest BCUT2D eigenvalue weighted by atomic mass is 9.86. The van der Waals surface area contributed by atoms with E-state index in [-0.39, 0.29) is 16.1 Å². The van der Waals surface area contributed by atoms with Crippen molar-refractivity contribution in [1.29, 1.82) is 0 Å². The first-order valence-corrected chi connectivity index (χ1v) is 17.1. The molecule has 204 valence electrons. The van der Waals surface area contributed by atoms with Gasteiger partial charge >= 0.3 is 5.97 Å². The average Bonchev–Trinajstić information content (AvgIpc) is 2.88. The molecule has 3 saturated heterocycles. The molecule has 40 heavy (non-hydrogen) atoms. The van der Waals surface area contributed by atoms with Gasteiger partial charge in [0.2, 0.25) is 0 Å². The fraction of sp³-hybridized carbons (Fsp3) is 0.344. The highest BCUT2D eigenvalue weighted by Crippen LogP contribution is 2.48. The van der Waals surface area contributed by atoms with Crippen molar-refractivity contribution in [3.8, 4) is 0 Å². The van der Waals surface area contributed by atoms with Crippen molar-refractivity contribution >= 4 is 53.8 Å². The largest absolute Gasteiger partial charge is 0.545 e. The van der Waals surface area contributed by atoms with Crippen molar-refractivity contribution in [2.75, 3.05) is 31.1 Å². The Morgan fingerprint density at radius 3 is 2.33 bits per heavy atom. The van der Waals surface area contributed by atoms with Crippen molar-refractivity contribution in [1.82, 2.24) is 0 Å². The minimum Gasteiger partial charge on any atom is -0.545 e. The molecule has 2 aromatic carbocycles. The van der Waals surface area contributed by atoms with Gasteiger partial charge in [0.25, 0.3) is 0 Å². The molecule has 7 rings (SSSR count). The molecule has 0 saturated carbocycles. The lowest BCUT2D eigenvalue weighted by Gasteiger charge is -2.45. The van der Waals surface area contributed by atoms with Gasteiger partial charge in [-0.15, -0.1) is 0 Å². The zero-order valence-corrected chi connectivity index (χ0v) is 24.1. The van der Waals surface area contributed by atoms with E-state index in [1.54, 1.807) is 0 Å². The summed E-state index contributed by atoms with van der Waals surface area (Å²) < 4.78 is 2.41. The highest BCUT2D eigenvalue weighted by Gasteiger charge is 2.48. The molecule has 4 heterocycles. The topological polar surface area (TPSA) is 83.7 Å². The van der Waals surface area contributed by atoms with Crippen molar-refractivity contribution in [3.05, 3.63) is 86.6 Å². The predicted molar refractivity (Wildman–Crippen MR) is 158 cm³/mol. The summed E-state index contributed by atoms with van der Waals surface area (Å²) >= 11 is 6.27. The fourth-order valence-corrected chi connectivity index (χ4v) is 13.1. The minimum atomic E-state index is -2.19. The van der Waals surface area contributed by atoms with Crippen molar-refractivity contribution < 1.29 is 24.4 Å². The standard InChI is InChI=1S/C32H31ClN2O4Si/c33-27-19-25(31(36)37)24(18-26(27)32(38)39)30-22-8-6-20(34-10-4-11-34)16-28(22)40(14-2-1-3-15-40)29-17-21(7-9-23(29)30)35-12-5-13-35/h6-9,16-19H,1-5,10-15H2,(H-,36,37,38,39). The molecule has 0 radical (unpaired) electrons. The number of carbonyl (C=O) groups is 2. The molecule has 1 spiro atoms. The van der Waals surface area contributed by atoms with Gasteiger partial charge in [0.05, 0.1) is 23.0 Å². The minimum absolute atomic E-state index is 0.0817. The van der Waals surface area contributed by atoms with Crippen LogP contribution in [-0.2, 0) is 0 Å². The van der Waals surface area contributed by atoms with Gasteiger partial charge in [-0.2, -0.15) is 0 Å². The number of hydrogen-bond acceptors (Lipinski definition) is 4. The number of nitrogens with zero attached hydrogens (tertiary/aromatic N) is 2. The molecule has 0 amide bonds. The Hall–Kier alpha value is -3.42. The van der Waals surface area contributed by atoms with E-state index in [2.05, 4.69) is 45.9 Å². The number of anilines is 1. The molecular weight excluding hydrogens is 540 g/mol. The van der Waals surface area contributed by atoms with Crippen LogP contribution >= 0.6 is 11.6 Å². The van der Waals surface area contributed by atoms with Crippen LogP contribution in [0.1, 0.15) is 63.9 Å². The number of carboxylic acids is 2. The molecule has 0 bridgehead atoms. The van der Waals surface area contributed by atoms with Gasteiger partial charge in [-0.1, -0.05) is 36.9 Å². The van der Waals surface area contributed by atoms with Gasteiger partial charge in [0, 0.05) is 36.5 Å². The lowest BCUT2D eigenvalue weighted by molar-refractivity contribution is -0.582. The molecule has 6 nitrogen and oxygen atoms in total. The van der Waals surface area contributed by atoms with Crippen molar-refractivity contribution in [2.45, 2.75) is 44.2 Å². The van der Waals surface area contributed by atoms with E-state index < -0.39 is 20.0 Å². The summed E-state index contributed by atoms with van der Waals surface area (Å²) in [5.41, 5.74) is 5.46. The van der Waals surface area contributed by atoms with E-state index in [1.807, 2.05) is 0 Å². The third-order valence-corrected chi connectivity index (χ3v) is 15.2. The first kappa shape index (κ1) is 25.5. The first-order chi connectivity index (χ1) is 19.4. The Labute approximate surface area is 239 Å². The zero-order valence-electron chi connectivity index (χ0n) is 22.3. The summed E-state index contributed by atoms with van der Waals surface area (Å²) in [5, 5.41) is 25.0. The predicted octanol–water partition coefficient (Wildman–Crippen LogP) is 4.16. The van der Waals surface area contributed by atoms with E-state index in [1.165, 1.54) is 78.1 Å². The van der Waals surface area contributed by atoms with Crippen LogP contribution in [0.15, 0.2) is 59.3 Å². The summed E-state index contributed by atoms with van der Waals surface area (Å²) in [6, 6.07) is 11.7. The van der Waals surface area contributed by atoms with Gasteiger partial charge in [-0.25, -0.2) is 9.37 Å². The van der Waals surface area contributed by atoms with Gasteiger partial charge in [0.1, 0.15) is 21.2 Å². The van der Waals surface area contributed by atoms with E-state index in [0.717, 1.165) is 42.9 Å². The van der Waals surface area contributed by atoms with Gasteiger partial charge < -0.3 is 19.9 Å². The number of carboxylic acid groups (broad SMARTS) is 2. The smallest absolute Gasteiger partial charge is 0.337 e. The number of allylic oxidation sites excluding steroid dienone is 5. The van der Waals surface area contributed by atoms with E-state index in [9.17, 15) is 19.8 Å². The Morgan fingerprint density at radius 2 is 1.70 bits per heavy atom. The van der Waals surface area contributed by atoms with E-state index >= 15 is 0 Å². The third kappa shape index (κ3) is 3.85. The average molecular weight is 571 g/mol. The number of carbonyl (C=O) groups excluding carboxylic acids is 1. The number of halogens is 1. The molecule has 4 aliphatic heterocycles. The second-order valence-corrected chi connectivity index (χ2v) is 16.3. The van der Waals surface area contributed by atoms with Crippen LogP contribution in [0.3, 0.4) is 0 Å². The molecular formula is C32H31ClN2O4Si. The second-order valence-electron chi connectivity index (χ2n) is 11.6. The molecule has 3 fully saturated rings. The van der Waals surface area contributed by atoms with Crippen LogP contribution in [0.25, 0.3) is 5.57 Å². The second kappa shape index (κ2) is 9.60. The third-order valence-electron chi connectivity index (χ3n) is 9.55. The van der Waals surface area contributed by atoms with Crippen LogP contribution < -0.4 is 15.2 Å². The van der Waals surface area contributed by atoms with Crippen molar-refractivity contribution in [3.63, 3.8) is 0 Å². The first-order valence-electron chi connectivity index (χ1n) is 14.3. The van der Waals surface area contributed by atoms with E-state index in [4.69, 9.17) is 11.6 Å².